The SMILES string of the molecule is COc1ccc(Cl)cc1C(=O)NCCc1ccc(S(=O)(=O)NC(=O)[N-]C2CCC(OC(=O)c3ccc(N4N=C(C)CC4=O)cc3)CC2)cc1.[W]. The monoisotopic (exact) mass is 892 g/mol. The molecule has 2 aliphatic rings. The van der Waals surface area contributed by atoms with E-state index >= 15 is 0 Å². The third-order valence-corrected chi connectivity index (χ3v) is 9.61. The van der Waals surface area contributed by atoms with Crippen LogP contribution in [-0.2, 0) is 47.0 Å². The number of nitrogens with one attached hydrogen (secondary N) is 2. The third kappa shape index (κ3) is 9.92. The molecule has 0 saturated heterocycles. The van der Waals surface area contributed by atoms with Crippen molar-refractivity contribution in [3.05, 3.63) is 93.8 Å². The van der Waals surface area contributed by atoms with Gasteiger partial charge in [-0.2, -0.15) is 5.10 Å². The Balaban J connectivity index is 0.00000562. The fourth-order valence-corrected chi connectivity index (χ4v) is 6.55. The second-order valence-corrected chi connectivity index (χ2v) is 13.8. The van der Waals surface area contributed by atoms with Gasteiger partial charge in [0.05, 0.1) is 35.2 Å². The average molecular weight is 893 g/mol. The van der Waals surface area contributed by atoms with Gasteiger partial charge in [0.15, 0.2) is 6.03 Å². The van der Waals surface area contributed by atoms with E-state index in [2.05, 4.69) is 15.7 Å². The van der Waals surface area contributed by atoms with E-state index in [0.717, 1.165) is 11.3 Å². The number of urea groups is 1. The van der Waals surface area contributed by atoms with E-state index in [4.69, 9.17) is 21.1 Å². The van der Waals surface area contributed by atoms with E-state index in [9.17, 15) is 27.6 Å². The van der Waals surface area contributed by atoms with Crippen molar-refractivity contribution >= 4 is 56.8 Å². The van der Waals surface area contributed by atoms with Crippen LogP contribution in [0.15, 0.2) is 76.7 Å². The van der Waals surface area contributed by atoms with Crippen LogP contribution in [0.2, 0.25) is 5.02 Å². The molecule has 13 nitrogen and oxygen atoms in total. The molecule has 0 atom stereocenters. The number of carbonyl (C=O) groups is 4. The maximum Gasteiger partial charge on any atom is 0.338 e. The number of anilines is 1. The quantitative estimate of drug-likeness (QED) is 0.242. The number of hydrogen-bond acceptors (Lipinski definition) is 9. The van der Waals surface area contributed by atoms with Gasteiger partial charge in [-0.25, -0.2) is 18.2 Å². The molecule has 0 aromatic heterocycles. The molecule has 3 aromatic carbocycles. The smallest absolute Gasteiger partial charge is 0.338 e. The zero-order chi connectivity index (χ0) is 35.1. The summed E-state index contributed by atoms with van der Waals surface area (Å²) in [4.78, 5) is 49.7. The molecule has 5 rings (SSSR count). The predicted octanol–water partition coefficient (Wildman–Crippen LogP) is 5.37. The van der Waals surface area contributed by atoms with Crippen LogP contribution in [0.25, 0.3) is 5.32 Å². The maximum absolute atomic E-state index is 12.8. The summed E-state index contributed by atoms with van der Waals surface area (Å²) in [7, 11) is -2.71. The first-order valence-corrected chi connectivity index (χ1v) is 17.4. The Kier molecular flexibility index (Phi) is 13.2. The normalized spacial score (nSPS) is 17.2. The molecule has 0 bridgehead atoms. The molecule has 1 fully saturated rings. The van der Waals surface area contributed by atoms with Gasteiger partial charge < -0.3 is 24.8 Å². The van der Waals surface area contributed by atoms with E-state index in [0.29, 0.717) is 59.7 Å². The van der Waals surface area contributed by atoms with Crippen molar-refractivity contribution in [1.82, 2.24) is 10.0 Å². The van der Waals surface area contributed by atoms with E-state index in [-0.39, 0.29) is 56.8 Å². The molecule has 264 valence electrons. The number of ether oxygens (including phenoxy) is 2. The van der Waals surface area contributed by atoms with Gasteiger partial charge in [-0.15, -0.1) is 0 Å². The Morgan fingerprint density at radius 2 is 1.68 bits per heavy atom. The van der Waals surface area contributed by atoms with E-state index in [1.54, 1.807) is 55.5 Å². The number of hydrazone groups is 1. The molecule has 1 aliphatic carbocycles. The molecule has 0 spiro atoms. The van der Waals surface area contributed by atoms with Crippen LogP contribution in [-0.4, -0.2) is 63.7 Å². The van der Waals surface area contributed by atoms with Gasteiger partial charge in [-0.3, -0.25) is 14.4 Å². The fraction of sp³-hybridized carbons (Fsp3) is 0.324. The molecule has 1 heterocycles. The van der Waals surface area contributed by atoms with Crippen molar-refractivity contribution in [2.45, 2.75) is 62.5 Å². The van der Waals surface area contributed by atoms with Crippen LogP contribution in [0.4, 0.5) is 10.5 Å². The van der Waals surface area contributed by atoms with Gasteiger partial charge in [0, 0.05) is 38.3 Å². The Hall–Kier alpha value is -4.26. The molecule has 3 aromatic rings. The van der Waals surface area contributed by atoms with Crippen molar-refractivity contribution in [3.8, 4) is 5.75 Å². The van der Waals surface area contributed by atoms with Gasteiger partial charge in [0.2, 0.25) is 10.0 Å². The number of methoxy groups -OCH3 is 1. The van der Waals surface area contributed by atoms with Crippen LogP contribution >= 0.6 is 11.6 Å². The number of benzene rings is 3. The molecule has 50 heavy (non-hydrogen) atoms. The van der Waals surface area contributed by atoms with Gasteiger partial charge in [0.25, 0.3) is 11.8 Å². The van der Waals surface area contributed by atoms with Gasteiger partial charge in [-0.1, -0.05) is 23.7 Å². The zero-order valence-corrected chi connectivity index (χ0v) is 31.8. The Morgan fingerprint density at radius 3 is 2.30 bits per heavy atom. The van der Waals surface area contributed by atoms with Crippen molar-refractivity contribution in [1.29, 1.82) is 0 Å². The number of hydrogen-bond donors (Lipinski definition) is 2. The van der Waals surface area contributed by atoms with Gasteiger partial charge in [0.1, 0.15) is 11.9 Å². The summed E-state index contributed by atoms with van der Waals surface area (Å²) in [6.07, 6.45) is 2.12. The van der Waals surface area contributed by atoms with Gasteiger partial charge >= 0.3 is 5.97 Å². The third-order valence-electron chi connectivity index (χ3n) is 8.04. The second kappa shape index (κ2) is 17.1. The first kappa shape index (κ1) is 38.5. The summed E-state index contributed by atoms with van der Waals surface area (Å²) in [5.74, 6) is -0.604. The molecule has 1 saturated carbocycles. The minimum atomic E-state index is -4.17. The van der Waals surface area contributed by atoms with Crippen molar-refractivity contribution < 1.29 is 58.1 Å². The summed E-state index contributed by atoms with van der Waals surface area (Å²) >= 11 is 6.00. The minimum Gasteiger partial charge on any atom is -0.496 e. The van der Waals surface area contributed by atoms with E-state index in [1.807, 2.05) is 4.72 Å². The van der Waals surface area contributed by atoms with Crippen LogP contribution in [0.3, 0.4) is 0 Å². The van der Waals surface area contributed by atoms with Crippen LogP contribution in [0.5, 0.6) is 5.75 Å². The average Bonchev–Trinajstić information content (AvgIpc) is 3.42. The fourth-order valence-electron chi connectivity index (χ4n) is 5.48. The standard InChI is InChI=1S/C34H36ClN5O8S.W/c1-21-19-31(41)40(38-21)26-10-5-23(6-11-26)33(43)48-27-12-8-25(9-13-27)37-34(44)39-49(45,46)28-14-3-22(4-15-28)17-18-36-32(42)29-20-24(35)7-16-30(29)47-2;/h3-7,10-11,14-16,20,25,27H,8-9,12-13,17-19H2,1-2H3,(H3,36,37,39,42,44);/p-1. The zero-order valence-electron chi connectivity index (χ0n) is 27.3. The minimum absolute atomic E-state index is 0. The van der Waals surface area contributed by atoms with Crippen LogP contribution in [0.1, 0.15) is 65.3 Å². The number of amides is 4. The number of esters is 1. The summed E-state index contributed by atoms with van der Waals surface area (Å²) in [6.45, 7) is 2.06. The number of sulfonamides is 1. The number of halogens is 1. The summed E-state index contributed by atoms with van der Waals surface area (Å²) < 4.78 is 38.5. The van der Waals surface area contributed by atoms with Crippen LogP contribution in [0, 0.1) is 0 Å². The predicted molar refractivity (Wildman–Crippen MR) is 183 cm³/mol. The number of carbonyl (C=O) groups excluding carboxylic acids is 4. The Bertz CT molecular complexity index is 1870. The van der Waals surface area contributed by atoms with Gasteiger partial charge in [-0.05, 0) is 105 Å². The first-order valence-electron chi connectivity index (χ1n) is 15.6. The molecular formula is C34H35ClN5O8SW-. The van der Waals surface area contributed by atoms with Crippen molar-refractivity contribution in [2.24, 2.45) is 5.10 Å². The molecule has 4 amide bonds. The largest absolute Gasteiger partial charge is 0.496 e. The van der Waals surface area contributed by atoms with Crippen LogP contribution < -0.4 is 19.8 Å². The molecule has 2 N–H and O–H groups in total. The number of rotatable bonds is 11. The van der Waals surface area contributed by atoms with E-state index in [1.165, 1.54) is 30.3 Å². The van der Waals surface area contributed by atoms with E-state index < -0.39 is 28.1 Å². The van der Waals surface area contributed by atoms with Crippen molar-refractivity contribution in [2.75, 3.05) is 18.7 Å². The second-order valence-electron chi connectivity index (χ2n) is 11.6. The summed E-state index contributed by atoms with van der Waals surface area (Å²) in [6, 6.07) is 15.7. The molecule has 0 radical (unpaired) electrons. The molecule has 0 unspecified atom stereocenters. The molecular weight excluding hydrogens is 858 g/mol. The maximum atomic E-state index is 12.8. The summed E-state index contributed by atoms with van der Waals surface area (Å²) in [5, 5.41) is 12.7. The van der Waals surface area contributed by atoms with Crippen molar-refractivity contribution in [3.63, 3.8) is 0 Å². The molecule has 1 aliphatic heterocycles. The molecule has 16 heteroatoms. The Morgan fingerprint density at radius 1 is 1.00 bits per heavy atom. The first-order chi connectivity index (χ1) is 23.4. The number of nitrogens with zero attached hydrogens (tertiary/aromatic N) is 3. The Labute approximate surface area is 309 Å². The topological polar surface area (TPSA) is 175 Å². The summed E-state index contributed by atoms with van der Waals surface area (Å²) in [5.41, 5.74) is 2.69.